The van der Waals surface area contributed by atoms with Crippen LogP contribution < -0.4 is 5.32 Å². The zero-order chi connectivity index (χ0) is 22.8. The van der Waals surface area contributed by atoms with E-state index >= 15 is 0 Å². The van der Waals surface area contributed by atoms with E-state index in [0.717, 1.165) is 24.0 Å². The molecule has 0 aromatic heterocycles. The maximum atomic E-state index is 13.3. The number of hydrogen-bond acceptors (Lipinski definition) is 2. The molecule has 1 N–H and O–H groups in total. The Kier molecular flexibility index (Phi) is 10.4. The van der Waals surface area contributed by atoms with Crippen LogP contribution in [0.4, 0.5) is 0 Å². The number of carbonyl (C=O) groups excluding carboxylic acids is 2. The molecule has 0 fully saturated rings. The number of nitrogens with one attached hydrogen (secondary N) is 1. The van der Waals surface area contributed by atoms with Gasteiger partial charge in [0.1, 0.15) is 6.04 Å². The van der Waals surface area contributed by atoms with Gasteiger partial charge in [0, 0.05) is 19.5 Å². The molecular weight excluding hydrogens is 431 g/mol. The summed E-state index contributed by atoms with van der Waals surface area (Å²) in [5.41, 5.74) is 3.23. The van der Waals surface area contributed by atoms with E-state index in [-0.39, 0.29) is 11.8 Å². The molecule has 168 valence electrons. The van der Waals surface area contributed by atoms with E-state index in [1.54, 1.807) is 17.0 Å². The Balaban J connectivity index is 2.19. The molecule has 2 amide bonds. The predicted octanol–water partition coefficient (Wildman–Crippen LogP) is 5.82. The third-order valence-electron chi connectivity index (χ3n) is 5.33. The van der Waals surface area contributed by atoms with Crippen molar-refractivity contribution in [2.24, 2.45) is 0 Å². The summed E-state index contributed by atoms with van der Waals surface area (Å²) in [6, 6.07) is 13.1. The lowest BCUT2D eigenvalue weighted by molar-refractivity contribution is -0.141. The second-order valence-electron chi connectivity index (χ2n) is 7.66. The third-order valence-corrected chi connectivity index (χ3v) is 6.07. The molecule has 0 aliphatic carbocycles. The van der Waals surface area contributed by atoms with Crippen LogP contribution in [0.1, 0.15) is 56.7 Å². The van der Waals surface area contributed by atoms with Crippen molar-refractivity contribution in [1.29, 1.82) is 0 Å². The standard InChI is InChI=1S/C25H32Cl2N2O2/c1-4-15-28-25(31)23(6-3)29(17-20-11-13-21(26)22(27)16-20)24(30)14-12-19-9-7-18(5-2)8-10-19/h7-11,13,16,23H,4-6,12,14-15,17H2,1-3H3,(H,28,31). The molecular formula is C25H32Cl2N2O2. The summed E-state index contributed by atoms with van der Waals surface area (Å²) in [5.74, 6) is -0.172. The minimum atomic E-state index is -0.532. The highest BCUT2D eigenvalue weighted by molar-refractivity contribution is 6.42. The fourth-order valence-electron chi connectivity index (χ4n) is 3.46. The molecule has 0 heterocycles. The minimum Gasteiger partial charge on any atom is -0.354 e. The third kappa shape index (κ3) is 7.55. The lowest BCUT2D eigenvalue weighted by Gasteiger charge is -2.31. The van der Waals surface area contributed by atoms with Gasteiger partial charge in [-0.2, -0.15) is 0 Å². The molecule has 0 radical (unpaired) electrons. The summed E-state index contributed by atoms with van der Waals surface area (Å²) in [4.78, 5) is 27.7. The molecule has 0 spiro atoms. The number of benzene rings is 2. The van der Waals surface area contributed by atoms with Gasteiger partial charge in [-0.15, -0.1) is 0 Å². The first kappa shape index (κ1) is 25.2. The normalized spacial score (nSPS) is 11.8. The molecule has 1 unspecified atom stereocenters. The molecule has 4 nitrogen and oxygen atoms in total. The molecule has 2 aromatic rings. The van der Waals surface area contributed by atoms with Crippen LogP contribution in [0.25, 0.3) is 0 Å². The molecule has 2 aromatic carbocycles. The van der Waals surface area contributed by atoms with Crippen LogP contribution >= 0.6 is 23.2 Å². The number of hydrogen-bond donors (Lipinski definition) is 1. The Bertz CT molecular complexity index is 868. The van der Waals surface area contributed by atoms with Crippen molar-refractivity contribution < 1.29 is 9.59 Å². The van der Waals surface area contributed by atoms with Gasteiger partial charge in [-0.1, -0.05) is 74.3 Å². The second kappa shape index (κ2) is 12.7. The smallest absolute Gasteiger partial charge is 0.242 e. The number of halogens is 2. The van der Waals surface area contributed by atoms with Gasteiger partial charge in [0.15, 0.2) is 0 Å². The lowest BCUT2D eigenvalue weighted by atomic mass is 10.0. The number of amides is 2. The summed E-state index contributed by atoms with van der Waals surface area (Å²) in [6.45, 7) is 6.95. The Morgan fingerprint density at radius 1 is 0.935 bits per heavy atom. The average molecular weight is 463 g/mol. The summed E-state index contributed by atoms with van der Waals surface area (Å²) in [7, 11) is 0. The summed E-state index contributed by atoms with van der Waals surface area (Å²) in [6.07, 6.45) is 3.34. The van der Waals surface area contributed by atoms with Crippen LogP contribution in [0.5, 0.6) is 0 Å². The van der Waals surface area contributed by atoms with Gasteiger partial charge < -0.3 is 10.2 Å². The number of carbonyl (C=O) groups is 2. The molecule has 1 atom stereocenters. The Hall–Kier alpha value is -2.04. The van der Waals surface area contributed by atoms with Gasteiger partial charge in [-0.05, 0) is 54.5 Å². The van der Waals surface area contributed by atoms with Crippen molar-refractivity contribution in [3.8, 4) is 0 Å². The van der Waals surface area contributed by atoms with E-state index in [0.29, 0.717) is 42.4 Å². The maximum Gasteiger partial charge on any atom is 0.242 e. The molecule has 2 rings (SSSR count). The number of rotatable bonds is 11. The van der Waals surface area contributed by atoms with Crippen LogP contribution in [0.3, 0.4) is 0 Å². The average Bonchev–Trinajstić information content (AvgIpc) is 2.78. The molecule has 0 aliphatic rings. The van der Waals surface area contributed by atoms with Crippen LogP contribution in [0.15, 0.2) is 42.5 Å². The lowest BCUT2D eigenvalue weighted by Crippen LogP contribution is -2.49. The summed E-state index contributed by atoms with van der Waals surface area (Å²) >= 11 is 12.2. The zero-order valence-electron chi connectivity index (χ0n) is 18.6. The first-order valence-corrected chi connectivity index (χ1v) is 11.7. The zero-order valence-corrected chi connectivity index (χ0v) is 20.1. The van der Waals surface area contributed by atoms with E-state index in [1.807, 2.05) is 19.9 Å². The SMILES string of the molecule is CCCNC(=O)C(CC)N(Cc1ccc(Cl)c(Cl)c1)C(=O)CCc1ccc(CC)cc1. The van der Waals surface area contributed by atoms with Gasteiger partial charge in [0.05, 0.1) is 10.0 Å². The van der Waals surface area contributed by atoms with Gasteiger partial charge in [-0.3, -0.25) is 9.59 Å². The van der Waals surface area contributed by atoms with Gasteiger partial charge in [0.2, 0.25) is 11.8 Å². The van der Waals surface area contributed by atoms with E-state index in [2.05, 4.69) is 36.5 Å². The molecule has 0 bridgehead atoms. The van der Waals surface area contributed by atoms with Crippen LogP contribution in [0, 0.1) is 0 Å². The highest BCUT2D eigenvalue weighted by atomic mass is 35.5. The van der Waals surface area contributed by atoms with E-state index in [1.165, 1.54) is 5.56 Å². The first-order valence-electron chi connectivity index (χ1n) is 11.0. The van der Waals surface area contributed by atoms with Crippen molar-refractivity contribution >= 4 is 35.0 Å². The fourth-order valence-corrected chi connectivity index (χ4v) is 3.78. The highest BCUT2D eigenvalue weighted by Crippen LogP contribution is 2.24. The number of nitrogens with zero attached hydrogens (tertiary/aromatic N) is 1. The topological polar surface area (TPSA) is 49.4 Å². The molecule has 6 heteroatoms. The van der Waals surface area contributed by atoms with Crippen LogP contribution in [0.2, 0.25) is 10.0 Å². The first-order chi connectivity index (χ1) is 14.9. The van der Waals surface area contributed by atoms with Crippen molar-refractivity contribution in [3.05, 3.63) is 69.2 Å². The quantitative estimate of drug-likeness (QED) is 0.456. The van der Waals surface area contributed by atoms with Crippen molar-refractivity contribution in [2.45, 2.75) is 65.5 Å². The summed E-state index contributed by atoms with van der Waals surface area (Å²) < 4.78 is 0. The van der Waals surface area contributed by atoms with Crippen molar-refractivity contribution in [2.75, 3.05) is 6.54 Å². The van der Waals surface area contributed by atoms with Gasteiger partial charge >= 0.3 is 0 Å². The maximum absolute atomic E-state index is 13.3. The van der Waals surface area contributed by atoms with E-state index in [4.69, 9.17) is 23.2 Å². The Morgan fingerprint density at radius 3 is 2.16 bits per heavy atom. The van der Waals surface area contributed by atoms with Crippen LogP contribution in [-0.2, 0) is 29.0 Å². The summed E-state index contributed by atoms with van der Waals surface area (Å²) in [5, 5.41) is 3.83. The molecule has 0 aliphatic heterocycles. The minimum absolute atomic E-state index is 0.0517. The Labute approximate surface area is 195 Å². The molecule has 0 saturated carbocycles. The Morgan fingerprint density at radius 2 is 1.58 bits per heavy atom. The monoisotopic (exact) mass is 462 g/mol. The van der Waals surface area contributed by atoms with E-state index < -0.39 is 6.04 Å². The highest BCUT2D eigenvalue weighted by Gasteiger charge is 2.28. The number of aryl methyl sites for hydroxylation is 2. The van der Waals surface area contributed by atoms with E-state index in [9.17, 15) is 9.59 Å². The van der Waals surface area contributed by atoms with Gasteiger partial charge in [0.25, 0.3) is 0 Å². The predicted molar refractivity (Wildman–Crippen MR) is 129 cm³/mol. The largest absolute Gasteiger partial charge is 0.354 e. The van der Waals surface area contributed by atoms with Gasteiger partial charge in [-0.25, -0.2) is 0 Å². The second-order valence-corrected chi connectivity index (χ2v) is 8.47. The van der Waals surface area contributed by atoms with Crippen molar-refractivity contribution in [1.82, 2.24) is 10.2 Å². The van der Waals surface area contributed by atoms with Crippen LogP contribution in [-0.4, -0.2) is 29.3 Å². The molecule has 31 heavy (non-hydrogen) atoms. The fraction of sp³-hybridized carbons (Fsp3) is 0.440. The van der Waals surface area contributed by atoms with Crippen molar-refractivity contribution in [3.63, 3.8) is 0 Å². The molecule has 0 saturated heterocycles.